The minimum atomic E-state index is -0.527. The van der Waals surface area contributed by atoms with Crippen LogP contribution in [-0.2, 0) is 6.54 Å². The first kappa shape index (κ1) is 14.9. The fraction of sp³-hybridized carbons (Fsp3) is 0.143. The van der Waals surface area contributed by atoms with E-state index >= 15 is 0 Å². The number of halogens is 4. The molecule has 2 nitrogen and oxygen atoms in total. The number of rotatable bonds is 4. The predicted molar refractivity (Wildman–Crippen MR) is 76.7 cm³/mol. The molecule has 20 heavy (non-hydrogen) atoms. The van der Waals surface area contributed by atoms with Gasteiger partial charge < -0.3 is 10.1 Å². The molecule has 0 radical (unpaired) electrons. The number of ether oxygens (including phenoxy) is 1. The summed E-state index contributed by atoms with van der Waals surface area (Å²) >= 11 is 11.8. The molecule has 0 aliphatic heterocycles. The van der Waals surface area contributed by atoms with Crippen LogP contribution in [-0.4, -0.2) is 7.11 Å². The fourth-order valence-corrected chi connectivity index (χ4v) is 2.29. The predicted octanol–water partition coefficient (Wildman–Crippen LogP) is 4.89. The summed E-state index contributed by atoms with van der Waals surface area (Å²) < 4.78 is 31.7. The lowest BCUT2D eigenvalue weighted by atomic mass is 10.2. The molecule has 0 aromatic heterocycles. The van der Waals surface area contributed by atoms with Crippen molar-refractivity contribution >= 4 is 28.9 Å². The van der Waals surface area contributed by atoms with Gasteiger partial charge >= 0.3 is 0 Å². The average molecular weight is 318 g/mol. The summed E-state index contributed by atoms with van der Waals surface area (Å²) in [5, 5.41) is 3.18. The molecule has 2 rings (SSSR count). The highest BCUT2D eigenvalue weighted by atomic mass is 35.5. The molecule has 0 saturated carbocycles. The number of hydrogen-bond acceptors (Lipinski definition) is 2. The number of nitrogens with one attached hydrogen (secondary N) is 1. The third-order valence-electron chi connectivity index (χ3n) is 2.72. The van der Waals surface area contributed by atoms with E-state index in [1.165, 1.54) is 13.2 Å². The molecule has 0 bridgehead atoms. The van der Waals surface area contributed by atoms with E-state index in [9.17, 15) is 8.78 Å². The van der Waals surface area contributed by atoms with Crippen LogP contribution in [0, 0.1) is 11.6 Å². The van der Waals surface area contributed by atoms with Gasteiger partial charge in [0.25, 0.3) is 0 Å². The molecular formula is C14H11Cl2F2NO. The number of anilines is 1. The normalized spacial score (nSPS) is 10.4. The van der Waals surface area contributed by atoms with Gasteiger partial charge in [0.1, 0.15) is 17.4 Å². The second kappa shape index (κ2) is 6.29. The Morgan fingerprint density at radius 1 is 1.10 bits per heavy atom. The standard InChI is InChI=1S/C14H11Cl2F2NO/c1-20-10-3-2-8(13(18)6-10)7-19-14-11(15)4-9(17)5-12(14)16/h2-6,19H,7H2,1H3. The van der Waals surface area contributed by atoms with Crippen molar-refractivity contribution in [1.29, 1.82) is 0 Å². The zero-order valence-electron chi connectivity index (χ0n) is 10.5. The maximum atomic E-state index is 13.8. The van der Waals surface area contributed by atoms with E-state index in [1.54, 1.807) is 12.1 Å². The van der Waals surface area contributed by atoms with E-state index in [-0.39, 0.29) is 16.6 Å². The molecule has 0 fully saturated rings. The first-order chi connectivity index (χ1) is 9.51. The Hall–Kier alpha value is -1.52. The Morgan fingerprint density at radius 2 is 1.75 bits per heavy atom. The van der Waals surface area contributed by atoms with E-state index in [1.807, 2.05) is 0 Å². The largest absolute Gasteiger partial charge is 0.497 e. The van der Waals surface area contributed by atoms with Gasteiger partial charge in [0.15, 0.2) is 0 Å². The monoisotopic (exact) mass is 317 g/mol. The second-order valence-electron chi connectivity index (χ2n) is 4.06. The van der Waals surface area contributed by atoms with Crippen molar-refractivity contribution in [2.75, 3.05) is 12.4 Å². The first-order valence-electron chi connectivity index (χ1n) is 5.72. The van der Waals surface area contributed by atoms with Gasteiger partial charge in [-0.15, -0.1) is 0 Å². The highest BCUT2D eigenvalue weighted by Gasteiger charge is 2.10. The molecule has 106 valence electrons. The highest BCUT2D eigenvalue weighted by Crippen LogP contribution is 2.32. The van der Waals surface area contributed by atoms with E-state index < -0.39 is 11.6 Å². The molecule has 0 unspecified atom stereocenters. The van der Waals surface area contributed by atoms with Gasteiger partial charge in [0.05, 0.1) is 22.8 Å². The maximum Gasteiger partial charge on any atom is 0.131 e. The van der Waals surface area contributed by atoms with E-state index in [0.29, 0.717) is 17.0 Å². The molecule has 0 heterocycles. The Morgan fingerprint density at radius 3 is 2.30 bits per heavy atom. The van der Waals surface area contributed by atoms with Gasteiger partial charge in [-0.2, -0.15) is 0 Å². The van der Waals surface area contributed by atoms with Crippen molar-refractivity contribution in [3.63, 3.8) is 0 Å². The lowest BCUT2D eigenvalue weighted by Crippen LogP contribution is -2.03. The molecule has 6 heteroatoms. The third-order valence-corrected chi connectivity index (χ3v) is 3.32. The molecule has 0 aliphatic carbocycles. The summed E-state index contributed by atoms with van der Waals surface area (Å²) in [6.07, 6.45) is 0. The topological polar surface area (TPSA) is 21.3 Å². The van der Waals surface area contributed by atoms with Crippen LogP contribution in [0.3, 0.4) is 0 Å². The maximum absolute atomic E-state index is 13.8. The van der Waals surface area contributed by atoms with E-state index in [2.05, 4.69) is 5.32 Å². The van der Waals surface area contributed by atoms with Crippen molar-refractivity contribution < 1.29 is 13.5 Å². The zero-order chi connectivity index (χ0) is 14.7. The number of hydrogen-bond donors (Lipinski definition) is 1. The Bertz CT molecular complexity index is 612. The quantitative estimate of drug-likeness (QED) is 0.866. The molecule has 1 N–H and O–H groups in total. The van der Waals surface area contributed by atoms with Crippen molar-refractivity contribution in [3.8, 4) is 5.75 Å². The van der Waals surface area contributed by atoms with Gasteiger partial charge in [-0.3, -0.25) is 0 Å². The van der Waals surface area contributed by atoms with Gasteiger partial charge in [-0.05, 0) is 18.2 Å². The number of methoxy groups -OCH3 is 1. The Labute approximate surface area is 125 Å². The van der Waals surface area contributed by atoms with Crippen molar-refractivity contribution in [1.82, 2.24) is 0 Å². The molecule has 2 aromatic carbocycles. The van der Waals surface area contributed by atoms with Gasteiger partial charge in [0.2, 0.25) is 0 Å². The van der Waals surface area contributed by atoms with Crippen molar-refractivity contribution in [3.05, 3.63) is 57.6 Å². The molecule has 0 saturated heterocycles. The average Bonchev–Trinajstić information content (AvgIpc) is 2.39. The van der Waals surface area contributed by atoms with Crippen LogP contribution >= 0.6 is 23.2 Å². The molecule has 2 aromatic rings. The number of benzene rings is 2. The van der Waals surface area contributed by atoms with Crippen LogP contribution < -0.4 is 10.1 Å². The van der Waals surface area contributed by atoms with Crippen LogP contribution in [0.25, 0.3) is 0 Å². The van der Waals surface area contributed by atoms with Crippen LogP contribution in [0.1, 0.15) is 5.56 Å². The zero-order valence-corrected chi connectivity index (χ0v) is 12.0. The van der Waals surface area contributed by atoms with Gasteiger partial charge in [0, 0.05) is 18.2 Å². The Balaban J connectivity index is 2.17. The first-order valence-corrected chi connectivity index (χ1v) is 6.47. The molecule has 0 aliphatic rings. The van der Waals surface area contributed by atoms with Crippen LogP contribution in [0.5, 0.6) is 5.75 Å². The SMILES string of the molecule is COc1ccc(CNc2c(Cl)cc(F)cc2Cl)c(F)c1. The van der Waals surface area contributed by atoms with Crippen LogP contribution in [0.4, 0.5) is 14.5 Å². The van der Waals surface area contributed by atoms with Crippen molar-refractivity contribution in [2.45, 2.75) is 6.54 Å². The summed E-state index contributed by atoms with van der Waals surface area (Å²) in [5.41, 5.74) is 0.784. The molecule has 0 atom stereocenters. The molecule has 0 spiro atoms. The third kappa shape index (κ3) is 3.32. The summed E-state index contributed by atoms with van der Waals surface area (Å²) in [6.45, 7) is 0.168. The van der Waals surface area contributed by atoms with E-state index in [4.69, 9.17) is 27.9 Å². The summed E-state index contributed by atoms with van der Waals surface area (Å²) in [7, 11) is 1.46. The summed E-state index contributed by atoms with van der Waals surface area (Å²) in [6, 6.07) is 6.80. The van der Waals surface area contributed by atoms with Gasteiger partial charge in [-0.25, -0.2) is 8.78 Å². The second-order valence-corrected chi connectivity index (χ2v) is 4.87. The summed E-state index contributed by atoms with van der Waals surface area (Å²) in [5.74, 6) is -0.503. The molecule has 0 amide bonds. The van der Waals surface area contributed by atoms with E-state index in [0.717, 1.165) is 12.1 Å². The lowest BCUT2D eigenvalue weighted by molar-refractivity contribution is 0.411. The lowest BCUT2D eigenvalue weighted by Gasteiger charge is -2.11. The highest BCUT2D eigenvalue weighted by molar-refractivity contribution is 6.39. The minimum absolute atomic E-state index is 0.143. The molecular weight excluding hydrogens is 307 g/mol. The van der Waals surface area contributed by atoms with Crippen LogP contribution in [0.15, 0.2) is 30.3 Å². The smallest absolute Gasteiger partial charge is 0.131 e. The Kier molecular flexibility index (Phi) is 4.68. The fourth-order valence-electron chi connectivity index (χ4n) is 1.69. The van der Waals surface area contributed by atoms with Crippen LogP contribution in [0.2, 0.25) is 10.0 Å². The minimum Gasteiger partial charge on any atom is -0.497 e. The summed E-state index contributed by atoms with van der Waals surface area (Å²) in [4.78, 5) is 0. The van der Waals surface area contributed by atoms with Crippen molar-refractivity contribution in [2.24, 2.45) is 0 Å². The van der Waals surface area contributed by atoms with Gasteiger partial charge in [-0.1, -0.05) is 29.3 Å².